The zero-order valence-corrected chi connectivity index (χ0v) is 54.5. The van der Waals surface area contributed by atoms with Gasteiger partial charge in [-0.1, -0.05) is 176 Å². The number of esters is 2. The maximum atomic E-state index is 16.0. The molecule has 9 aliphatic carbocycles. The lowest BCUT2D eigenvalue weighted by Crippen LogP contribution is -2.77. The van der Waals surface area contributed by atoms with E-state index in [0.717, 1.165) is 69.8 Å². The largest absolute Gasteiger partial charge is 0.462 e. The highest BCUT2D eigenvalue weighted by molar-refractivity contribution is 5.93. The van der Waals surface area contributed by atoms with Gasteiger partial charge >= 0.3 is 11.9 Å². The van der Waals surface area contributed by atoms with E-state index in [0.29, 0.717) is 61.7 Å². The molecule has 4 aromatic rings. The summed E-state index contributed by atoms with van der Waals surface area (Å²) < 4.78 is 13.0. The van der Waals surface area contributed by atoms with Crippen molar-refractivity contribution < 1.29 is 34.4 Å². The van der Waals surface area contributed by atoms with Crippen LogP contribution in [0.25, 0.3) is 10.8 Å². The topological polar surface area (TPSA) is 113 Å². The lowest BCUT2D eigenvalue weighted by molar-refractivity contribution is -0.331. The first kappa shape index (κ1) is 60.5. The highest BCUT2D eigenvalue weighted by Gasteiger charge is 2.77. The average molecular weight is 1200 g/mol. The molecule has 2 bridgehead atoms. The molecule has 7 saturated carbocycles. The van der Waals surface area contributed by atoms with Crippen LogP contribution in [0.3, 0.4) is 0 Å². The second-order valence-corrected chi connectivity index (χ2v) is 33.1. The van der Waals surface area contributed by atoms with Gasteiger partial charge in [0.25, 0.3) is 0 Å². The number of aliphatic hydroxyl groups is 3. The molecule has 0 unspecified atom stereocenters. The smallest absolute Gasteiger partial charge is 0.331 e. The summed E-state index contributed by atoms with van der Waals surface area (Å²) in [6.45, 7) is 11.6. The zero-order chi connectivity index (χ0) is 61.2. The molecule has 3 N–H and O–H groups in total. The van der Waals surface area contributed by atoms with Crippen molar-refractivity contribution in [1.82, 2.24) is 0 Å². The number of carbonyl (C=O) groups excluding carboxylic acids is 2. The van der Waals surface area contributed by atoms with E-state index in [4.69, 9.17) is 9.47 Å². The minimum atomic E-state index is -1.63. The summed E-state index contributed by atoms with van der Waals surface area (Å²) in [5.74, 6) is 7.65. The van der Waals surface area contributed by atoms with Gasteiger partial charge in [0.2, 0.25) is 0 Å². The fourth-order valence-electron chi connectivity index (χ4n) is 25.1. The van der Waals surface area contributed by atoms with Gasteiger partial charge in [-0.25, -0.2) is 4.79 Å². The van der Waals surface area contributed by atoms with Crippen molar-refractivity contribution in [2.24, 2.45) is 80.8 Å². The van der Waals surface area contributed by atoms with Crippen LogP contribution in [0.1, 0.15) is 241 Å². The van der Waals surface area contributed by atoms with Crippen molar-refractivity contribution in [1.29, 1.82) is 0 Å². The third-order valence-corrected chi connectivity index (χ3v) is 28.5. The predicted octanol–water partition coefficient (Wildman–Crippen LogP) is 17.2. The van der Waals surface area contributed by atoms with Gasteiger partial charge in [0.05, 0.1) is 29.1 Å². The zero-order valence-electron chi connectivity index (χ0n) is 54.5. The molecule has 2 heterocycles. The van der Waals surface area contributed by atoms with E-state index in [2.05, 4.69) is 137 Å². The molecule has 2 aliphatic heterocycles. The van der Waals surface area contributed by atoms with Crippen LogP contribution in [-0.4, -0.2) is 57.8 Å². The molecule has 0 aromatic heterocycles. The molecule has 7 heteroatoms. The van der Waals surface area contributed by atoms with E-state index in [1.54, 1.807) is 33.7 Å². The molecule has 7 nitrogen and oxygen atoms in total. The first-order valence-electron chi connectivity index (χ1n) is 36.3. The van der Waals surface area contributed by atoms with Crippen molar-refractivity contribution in [3.05, 3.63) is 130 Å². The lowest BCUT2D eigenvalue weighted by atomic mass is 9.36. The summed E-state index contributed by atoms with van der Waals surface area (Å²) >= 11 is 0. The Morgan fingerprint density at radius 2 is 1.53 bits per heavy atom. The Morgan fingerprint density at radius 3 is 2.30 bits per heavy atom. The number of fused-ring (bicyclic) bond motifs is 5. The molecule has 2 spiro atoms. The normalized spacial score (nSPS) is 41.1. The van der Waals surface area contributed by atoms with Crippen molar-refractivity contribution in [2.45, 2.75) is 249 Å². The number of hydrogen-bond donors (Lipinski definition) is 3. The molecular weight excluding hydrogens is 1100 g/mol. The summed E-state index contributed by atoms with van der Waals surface area (Å²) in [5.41, 5.74) is 5.42. The monoisotopic (exact) mass is 1200 g/mol. The molecule has 474 valence electrons. The predicted molar refractivity (Wildman–Crippen MR) is 353 cm³/mol. The Morgan fingerprint density at radius 1 is 0.742 bits per heavy atom. The van der Waals surface area contributed by atoms with Gasteiger partial charge in [0, 0.05) is 29.2 Å². The third-order valence-electron chi connectivity index (χ3n) is 28.5. The second-order valence-electron chi connectivity index (χ2n) is 33.1. The Hall–Kier alpha value is -4.74. The molecule has 0 radical (unpaired) electrons. The fraction of sp³-hybridized carbons (Fsp3) is 0.659. The molecular formula is C82H104O7. The summed E-state index contributed by atoms with van der Waals surface area (Å²) in [4.78, 5) is 28.8. The van der Waals surface area contributed by atoms with Crippen molar-refractivity contribution in [2.75, 3.05) is 6.61 Å². The number of hydrogen-bond acceptors (Lipinski definition) is 7. The fourth-order valence-corrected chi connectivity index (χ4v) is 25.1. The van der Waals surface area contributed by atoms with Gasteiger partial charge < -0.3 is 24.8 Å². The SMILES string of the molecule is CC(C)C[C@H]1CCC[C@H]2C#C[C@H](C[C@H](C)CCCc3ccccc3)[C@H](O)[C@]34[C@H](O)CC[C@@](C)([C@@H]5CC[C@]67CC8(CCCC8)[C@H]8C[C@]9(c%10ccccc%10)CCCC[C@@H]9c9ccc%10cccc(c%10c9[C@H]86)[C@@H]7C5)[C@@H]3[C@@H](C[C@@H](C)[C@]4(O)CCC3=CC(=O)OC3)OC(=O)[C@@H]12. The van der Waals surface area contributed by atoms with E-state index < -0.39 is 52.5 Å². The van der Waals surface area contributed by atoms with E-state index in [1.165, 1.54) is 75.2 Å². The van der Waals surface area contributed by atoms with E-state index in [1.807, 2.05) is 0 Å². The van der Waals surface area contributed by atoms with Crippen molar-refractivity contribution >= 4 is 22.7 Å². The Bertz CT molecular complexity index is 3400. The van der Waals surface area contributed by atoms with E-state index in [9.17, 15) is 20.1 Å². The minimum Gasteiger partial charge on any atom is -0.462 e. The van der Waals surface area contributed by atoms with Crippen LogP contribution in [0.4, 0.5) is 0 Å². The van der Waals surface area contributed by atoms with Crippen LogP contribution in [0.2, 0.25) is 0 Å². The summed E-state index contributed by atoms with van der Waals surface area (Å²) in [5, 5.41) is 46.2. The van der Waals surface area contributed by atoms with Gasteiger partial charge in [-0.05, 0) is 242 Å². The minimum absolute atomic E-state index is 0.0785. The van der Waals surface area contributed by atoms with Gasteiger partial charge in [-0.3, -0.25) is 4.79 Å². The number of benzene rings is 4. The van der Waals surface area contributed by atoms with Crippen molar-refractivity contribution in [3.8, 4) is 11.8 Å². The molecule has 0 amide bonds. The Kier molecular flexibility index (Phi) is 15.7. The molecule has 15 rings (SSSR count). The maximum Gasteiger partial charge on any atom is 0.331 e. The number of rotatable bonds is 13. The molecule has 20 atom stereocenters. The number of ether oxygens (including phenoxy) is 2. The van der Waals surface area contributed by atoms with Crippen LogP contribution < -0.4 is 0 Å². The van der Waals surface area contributed by atoms with Crippen LogP contribution in [0.5, 0.6) is 0 Å². The highest BCUT2D eigenvalue weighted by atomic mass is 16.5. The molecule has 89 heavy (non-hydrogen) atoms. The van der Waals surface area contributed by atoms with E-state index >= 15 is 4.79 Å². The van der Waals surface area contributed by atoms with Crippen LogP contribution >= 0.6 is 0 Å². The number of cyclic esters (lactones) is 1. The van der Waals surface area contributed by atoms with Gasteiger partial charge in [-0.15, -0.1) is 0 Å². The number of aryl methyl sites for hydroxylation is 1. The second kappa shape index (κ2) is 23.1. The van der Waals surface area contributed by atoms with Crippen LogP contribution in [0, 0.1) is 92.7 Å². The highest BCUT2D eigenvalue weighted by Crippen LogP contribution is 2.81. The Balaban J connectivity index is 0.886. The van der Waals surface area contributed by atoms with E-state index in [-0.39, 0.29) is 70.8 Å². The quantitative estimate of drug-likeness (QED) is 0.0903. The van der Waals surface area contributed by atoms with Crippen LogP contribution in [0.15, 0.2) is 103 Å². The first-order chi connectivity index (χ1) is 43.0. The summed E-state index contributed by atoms with van der Waals surface area (Å²) in [6, 6.07) is 35.1. The first-order valence-corrected chi connectivity index (χ1v) is 36.3. The van der Waals surface area contributed by atoms with Gasteiger partial charge in [-0.2, -0.15) is 0 Å². The maximum absolute atomic E-state index is 16.0. The average Bonchev–Trinajstić information content (AvgIpc) is 1.65. The number of aliphatic hydroxyl groups excluding tert-OH is 2. The third kappa shape index (κ3) is 9.45. The number of carbonyl (C=O) groups is 2. The summed E-state index contributed by atoms with van der Waals surface area (Å²) in [6.07, 6.45) is 24.1. The lowest BCUT2D eigenvalue weighted by Gasteiger charge is -2.71. The van der Waals surface area contributed by atoms with Gasteiger partial charge in [0.1, 0.15) is 12.7 Å². The Labute approximate surface area is 532 Å². The summed E-state index contributed by atoms with van der Waals surface area (Å²) in [7, 11) is 0. The molecule has 11 aliphatic rings. The van der Waals surface area contributed by atoms with Crippen LogP contribution in [-0.2, 0) is 30.9 Å². The van der Waals surface area contributed by atoms with Gasteiger partial charge in [0.15, 0.2) is 0 Å². The molecule has 7 fully saturated rings. The molecule has 0 saturated heterocycles. The standard InChI is InChI=1S/C82H104O7/c1-51(2)43-58-25-17-23-56-30-31-59(44-52(3)19-16-22-54-20-8-6-9-21-54)75(85)82-68(83)36-40-77(5,74(82)67(89-76(86)70(56)58)45-53(4)81(82,87)42-34-55-46-69(84)88-49-55)61-35-41-80-50-78(37-14-15-38-78)66-48-79(60-26-10-7-11-27-60)39-13-12-29-64(79)63-33-32-57-24-18-28-62(65(80)47-61)71(57)72(63)73(66)80/h6-11,18,20-21,24,26-28,32-33,46,51-53,56,58-59,61,64-68,70,73-75,83,85,87H,12-17,19,22-23,25,29,34-45,47-50H2,1-5H3/t52-,53-,56+,58-,59-,61-,64-,65+,66+,67-,68-,70-,73+,74+,75+,77+,79+,80-,81-,82+/m1/s1. The molecule has 4 aromatic carbocycles. The van der Waals surface area contributed by atoms with Crippen molar-refractivity contribution in [3.63, 3.8) is 0 Å².